The first-order valence-electron chi connectivity index (χ1n) is 10.8. The summed E-state index contributed by atoms with van der Waals surface area (Å²) < 4.78 is 0. The van der Waals surface area contributed by atoms with E-state index in [0.29, 0.717) is 25.8 Å². The zero-order valence-corrected chi connectivity index (χ0v) is 16.7. The molecule has 6 nitrogen and oxygen atoms in total. The Morgan fingerprint density at radius 3 is 1.67 bits per heavy atom. The third kappa shape index (κ3) is 11.0. The van der Waals surface area contributed by atoms with E-state index in [0.717, 1.165) is 38.5 Å². The molecule has 0 bridgehead atoms. The van der Waals surface area contributed by atoms with Crippen LogP contribution in [0.2, 0.25) is 0 Å². The molecule has 1 rings (SSSR count). The van der Waals surface area contributed by atoms with Crippen LogP contribution in [0.3, 0.4) is 0 Å². The van der Waals surface area contributed by atoms with Gasteiger partial charge in [0, 0.05) is 19.4 Å². The van der Waals surface area contributed by atoms with Crippen LogP contribution < -0.4 is 0 Å². The minimum Gasteiger partial charge on any atom is -0.481 e. The first-order valence-corrected chi connectivity index (χ1v) is 10.8. The number of likely N-dealkylation sites (tertiary alicyclic amines) is 1. The first-order chi connectivity index (χ1) is 13.0. The van der Waals surface area contributed by atoms with Gasteiger partial charge in [-0.15, -0.1) is 0 Å². The van der Waals surface area contributed by atoms with Gasteiger partial charge in [0.25, 0.3) is 0 Å². The maximum absolute atomic E-state index is 11.7. The van der Waals surface area contributed by atoms with Crippen molar-refractivity contribution in [3.63, 3.8) is 0 Å². The predicted octanol–water partition coefficient (Wildman–Crippen LogP) is 4.61. The molecule has 2 N–H and O–H groups in total. The number of rotatable bonds is 17. The molecule has 1 aliphatic heterocycles. The van der Waals surface area contributed by atoms with Crippen LogP contribution in [0.5, 0.6) is 0 Å². The summed E-state index contributed by atoms with van der Waals surface area (Å²) in [7, 11) is 0. The molecule has 6 heteroatoms. The van der Waals surface area contributed by atoms with E-state index in [1.54, 1.807) is 4.90 Å². The predicted molar refractivity (Wildman–Crippen MR) is 105 cm³/mol. The lowest BCUT2D eigenvalue weighted by molar-refractivity contribution is -0.146. The van der Waals surface area contributed by atoms with Gasteiger partial charge in [-0.2, -0.15) is 0 Å². The third-order valence-corrected chi connectivity index (χ3v) is 5.40. The summed E-state index contributed by atoms with van der Waals surface area (Å²) in [5, 5.41) is 17.7. The van der Waals surface area contributed by atoms with E-state index >= 15 is 0 Å². The molecule has 156 valence electrons. The number of carboxylic acids is 2. The molecular weight excluding hydrogens is 346 g/mol. The van der Waals surface area contributed by atoms with Crippen molar-refractivity contribution in [2.24, 2.45) is 0 Å². The fraction of sp³-hybridized carbons (Fsp3) is 0.857. The topological polar surface area (TPSA) is 94.9 Å². The van der Waals surface area contributed by atoms with Gasteiger partial charge in [0.2, 0.25) is 5.91 Å². The van der Waals surface area contributed by atoms with Crippen molar-refractivity contribution in [1.82, 2.24) is 4.90 Å². The Labute approximate surface area is 163 Å². The second-order valence-corrected chi connectivity index (χ2v) is 7.72. The Morgan fingerprint density at radius 1 is 0.778 bits per heavy atom. The third-order valence-electron chi connectivity index (χ3n) is 5.40. The van der Waals surface area contributed by atoms with E-state index in [9.17, 15) is 14.4 Å². The molecule has 1 atom stereocenters. The van der Waals surface area contributed by atoms with Crippen LogP contribution in [-0.4, -0.2) is 45.5 Å². The van der Waals surface area contributed by atoms with Crippen LogP contribution >= 0.6 is 0 Å². The summed E-state index contributed by atoms with van der Waals surface area (Å²) in [6.07, 6.45) is 16.0. The zero-order chi connectivity index (χ0) is 19.9. The highest BCUT2D eigenvalue weighted by molar-refractivity contribution is 5.87. The lowest BCUT2D eigenvalue weighted by Crippen LogP contribution is -2.39. The van der Waals surface area contributed by atoms with Crippen LogP contribution in [0.1, 0.15) is 103 Å². The summed E-state index contributed by atoms with van der Waals surface area (Å²) in [5.74, 6) is -1.57. The monoisotopic (exact) mass is 383 g/mol. The summed E-state index contributed by atoms with van der Waals surface area (Å²) in [5.41, 5.74) is 0. The highest BCUT2D eigenvalue weighted by Crippen LogP contribution is 2.20. The van der Waals surface area contributed by atoms with Crippen molar-refractivity contribution >= 4 is 17.8 Å². The zero-order valence-electron chi connectivity index (χ0n) is 16.7. The largest absolute Gasteiger partial charge is 0.481 e. The molecule has 0 radical (unpaired) electrons. The Kier molecular flexibility index (Phi) is 12.6. The Hall–Kier alpha value is -1.59. The Morgan fingerprint density at radius 2 is 1.22 bits per heavy atom. The van der Waals surface area contributed by atoms with Crippen LogP contribution in [0.25, 0.3) is 0 Å². The Bertz CT molecular complexity index is 452. The number of hydrogen-bond donors (Lipinski definition) is 2. The van der Waals surface area contributed by atoms with Gasteiger partial charge in [0.05, 0.1) is 0 Å². The summed E-state index contributed by atoms with van der Waals surface area (Å²) in [4.78, 5) is 34.8. The molecule has 0 aromatic heterocycles. The summed E-state index contributed by atoms with van der Waals surface area (Å²) in [6, 6.07) is -0.602. The number of carbonyl (C=O) groups excluding carboxylic acids is 1. The summed E-state index contributed by atoms with van der Waals surface area (Å²) in [6.45, 7) is 0.586. The van der Waals surface area contributed by atoms with Crippen molar-refractivity contribution in [2.75, 3.05) is 6.54 Å². The van der Waals surface area contributed by atoms with Crippen LogP contribution in [0.4, 0.5) is 0 Å². The van der Waals surface area contributed by atoms with E-state index in [4.69, 9.17) is 10.2 Å². The normalized spacial score (nSPS) is 16.8. The van der Waals surface area contributed by atoms with E-state index in [1.807, 2.05) is 0 Å². The van der Waals surface area contributed by atoms with Crippen molar-refractivity contribution in [3.05, 3.63) is 0 Å². The van der Waals surface area contributed by atoms with Crippen molar-refractivity contribution in [1.29, 1.82) is 0 Å². The summed E-state index contributed by atoms with van der Waals surface area (Å²) >= 11 is 0. The molecular formula is C21H37NO5. The minimum atomic E-state index is -0.874. The Balaban J connectivity index is 1.83. The molecule has 1 saturated heterocycles. The van der Waals surface area contributed by atoms with E-state index in [2.05, 4.69) is 0 Å². The SMILES string of the molecule is O=C(O)CCCCCCCCCCCCCCCN1C(=O)CC[C@@H]1C(=O)O. The molecule has 1 amide bonds. The van der Waals surface area contributed by atoms with E-state index in [-0.39, 0.29) is 5.91 Å². The molecule has 27 heavy (non-hydrogen) atoms. The molecule has 0 aromatic carbocycles. The van der Waals surface area contributed by atoms with Crippen molar-refractivity contribution in [3.8, 4) is 0 Å². The van der Waals surface area contributed by atoms with Gasteiger partial charge in [0.15, 0.2) is 0 Å². The van der Waals surface area contributed by atoms with Crippen LogP contribution in [0.15, 0.2) is 0 Å². The van der Waals surface area contributed by atoms with Gasteiger partial charge in [-0.25, -0.2) is 4.79 Å². The molecule has 0 aromatic rings. The standard InChI is InChI=1S/C21H37NO5/c23-19-16-15-18(21(26)27)22(19)17-13-11-9-7-5-3-1-2-4-6-8-10-12-14-20(24)25/h18H,1-17H2,(H,24,25)(H,26,27)/t18-/m1/s1. The molecule has 1 heterocycles. The number of unbranched alkanes of at least 4 members (excludes halogenated alkanes) is 12. The van der Waals surface area contributed by atoms with E-state index in [1.165, 1.54) is 44.9 Å². The van der Waals surface area contributed by atoms with Gasteiger partial charge < -0.3 is 15.1 Å². The van der Waals surface area contributed by atoms with Gasteiger partial charge in [-0.3, -0.25) is 9.59 Å². The highest BCUT2D eigenvalue weighted by atomic mass is 16.4. The lowest BCUT2D eigenvalue weighted by atomic mass is 10.0. The number of hydrogen-bond acceptors (Lipinski definition) is 3. The molecule has 1 fully saturated rings. The average Bonchev–Trinajstić information content (AvgIpc) is 2.99. The molecule has 0 saturated carbocycles. The second-order valence-electron chi connectivity index (χ2n) is 7.72. The first kappa shape index (κ1) is 23.4. The number of amides is 1. The maximum Gasteiger partial charge on any atom is 0.326 e. The molecule has 1 aliphatic rings. The quantitative estimate of drug-likeness (QED) is 0.358. The number of nitrogens with zero attached hydrogens (tertiary/aromatic N) is 1. The average molecular weight is 384 g/mol. The van der Waals surface area contributed by atoms with Gasteiger partial charge >= 0.3 is 11.9 Å². The molecule has 0 aliphatic carbocycles. The second kappa shape index (κ2) is 14.5. The number of carbonyl (C=O) groups is 3. The smallest absolute Gasteiger partial charge is 0.326 e. The molecule has 0 unspecified atom stereocenters. The van der Waals surface area contributed by atoms with Crippen LogP contribution in [-0.2, 0) is 14.4 Å². The van der Waals surface area contributed by atoms with Gasteiger partial charge in [-0.1, -0.05) is 70.6 Å². The van der Waals surface area contributed by atoms with Crippen molar-refractivity contribution in [2.45, 2.75) is 109 Å². The van der Waals surface area contributed by atoms with Crippen molar-refractivity contribution < 1.29 is 24.6 Å². The fourth-order valence-corrected chi connectivity index (χ4v) is 3.77. The van der Waals surface area contributed by atoms with Gasteiger partial charge in [-0.05, 0) is 19.3 Å². The maximum atomic E-state index is 11.7. The lowest BCUT2D eigenvalue weighted by Gasteiger charge is -2.21. The molecule has 0 spiro atoms. The van der Waals surface area contributed by atoms with Gasteiger partial charge in [0.1, 0.15) is 6.04 Å². The highest BCUT2D eigenvalue weighted by Gasteiger charge is 2.35. The minimum absolute atomic E-state index is 0.00992. The fourth-order valence-electron chi connectivity index (χ4n) is 3.77. The number of aliphatic carboxylic acids is 2. The van der Waals surface area contributed by atoms with E-state index < -0.39 is 18.0 Å². The number of carboxylic acid groups (broad SMARTS) is 2. The van der Waals surface area contributed by atoms with Crippen LogP contribution in [0, 0.1) is 0 Å².